The molecule has 1 aromatic heterocycles. The number of halogens is 1. The van der Waals surface area contributed by atoms with Gasteiger partial charge >= 0.3 is 12.1 Å². The predicted molar refractivity (Wildman–Crippen MR) is 125 cm³/mol. The lowest BCUT2D eigenvalue weighted by Crippen LogP contribution is -2.46. The third kappa shape index (κ3) is 3.84. The number of hydrogen-bond donors (Lipinski definition) is 2. The van der Waals surface area contributed by atoms with Gasteiger partial charge in [-0.05, 0) is 55.5 Å². The summed E-state index contributed by atoms with van der Waals surface area (Å²) in [5.41, 5.74) is 1.12. The summed E-state index contributed by atoms with van der Waals surface area (Å²) in [6.07, 6.45) is 2.68. The number of ether oxygens (including phenoxy) is 1. The molecule has 2 aromatic rings. The Bertz CT molecular complexity index is 1250. The van der Waals surface area contributed by atoms with Crippen molar-refractivity contribution in [3.8, 4) is 0 Å². The lowest BCUT2D eigenvalue weighted by atomic mass is 9.94. The van der Waals surface area contributed by atoms with Gasteiger partial charge in [0.15, 0.2) is 0 Å². The van der Waals surface area contributed by atoms with Crippen LogP contribution in [0.5, 0.6) is 0 Å². The predicted octanol–water partition coefficient (Wildman–Crippen LogP) is 2.84. The summed E-state index contributed by atoms with van der Waals surface area (Å²) in [5.74, 6) is -1.56. The first kappa shape index (κ1) is 23.7. The van der Waals surface area contributed by atoms with E-state index in [0.29, 0.717) is 29.7 Å². The molecule has 3 aliphatic rings. The van der Waals surface area contributed by atoms with Gasteiger partial charge in [0.05, 0.1) is 6.04 Å². The summed E-state index contributed by atoms with van der Waals surface area (Å²) in [5, 5.41) is 5.16. The number of rotatable bonds is 4. The second-order valence-corrected chi connectivity index (χ2v) is 9.32. The fraction of sp³-hybridized carbons (Fsp3) is 0.400. The van der Waals surface area contributed by atoms with Crippen molar-refractivity contribution in [3.05, 3.63) is 59.2 Å². The molecule has 3 atom stereocenters. The molecule has 0 bridgehead atoms. The first-order chi connectivity index (χ1) is 17.2. The quantitative estimate of drug-likeness (QED) is 0.630. The Hall–Kier alpha value is -4.02. The molecule has 11 heteroatoms. The number of amides is 5. The van der Waals surface area contributed by atoms with Gasteiger partial charge in [-0.2, -0.15) is 4.39 Å². The second-order valence-electron chi connectivity index (χ2n) is 9.32. The molecule has 0 saturated carbocycles. The zero-order valence-corrected chi connectivity index (χ0v) is 19.9. The number of benzene rings is 1. The molecule has 2 fully saturated rings. The number of aryl methyl sites for hydroxylation is 1. The number of fused-ring (bicyclic) bond motifs is 2. The van der Waals surface area contributed by atoms with Gasteiger partial charge in [-0.15, -0.1) is 0 Å². The van der Waals surface area contributed by atoms with Crippen molar-refractivity contribution in [2.75, 3.05) is 18.9 Å². The van der Waals surface area contributed by atoms with E-state index in [2.05, 4.69) is 15.6 Å². The van der Waals surface area contributed by atoms with Crippen LogP contribution in [0.3, 0.4) is 0 Å². The van der Waals surface area contributed by atoms with Crippen molar-refractivity contribution in [1.82, 2.24) is 20.1 Å². The maximum absolute atomic E-state index is 13.5. The van der Waals surface area contributed by atoms with E-state index in [1.165, 1.54) is 19.3 Å². The number of pyridine rings is 1. The van der Waals surface area contributed by atoms with Crippen LogP contribution in [-0.4, -0.2) is 58.4 Å². The summed E-state index contributed by atoms with van der Waals surface area (Å²) in [6, 6.07) is 7.10. The third-order valence-corrected chi connectivity index (χ3v) is 7.23. The number of imide groups is 1. The minimum Gasteiger partial charge on any atom is -0.427 e. The minimum atomic E-state index is -1.48. The number of likely N-dealkylation sites (tertiary alicyclic amines) is 1. The Morgan fingerprint density at radius 1 is 1.22 bits per heavy atom. The molecule has 5 rings (SSSR count). The number of carbonyl (C=O) groups is 4. The molecular weight excluding hydrogens is 469 g/mol. The zero-order chi connectivity index (χ0) is 25.6. The van der Waals surface area contributed by atoms with Crippen LogP contribution < -0.4 is 10.6 Å². The number of urea groups is 1. The van der Waals surface area contributed by atoms with E-state index >= 15 is 0 Å². The van der Waals surface area contributed by atoms with Crippen LogP contribution in [0.25, 0.3) is 0 Å². The number of aromatic nitrogens is 1. The maximum Gasteiger partial charge on any atom is 0.418 e. The summed E-state index contributed by atoms with van der Waals surface area (Å²) < 4.78 is 18.9. The highest BCUT2D eigenvalue weighted by Crippen LogP contribution is 2.46. The monoisotopic (exact) mass is 495 g/mol. The molecule has 1 aromatic carbocycles. The molecule has 1 aliphatic carbocycles. The lowest BCUT2D eigenvalue weighted by molar-refractivity contribution is -0.143. The number of nitrogens with one attached hydrogen (secondary N) is 2. The zero-order valence-electron chi connectivity index (χ0n) is 19.9. The molecule has 2 N–H and O–H groups in total. The molecule has 1 unspecified atom stereocenters. The van der Waals surface area contributed by atoms with E-state index in [0.717, 1.165) is 16.9 Å². The van der Waals surface area contributed by atoms with E-state index in [1.54, 1.807) is 29.2 Å². The van der Waals surface area contributed by atoms with E-state index in [-0.39, 0.29) is 30.4 Å². The fourth-order valence-electron chi connectivity index (χ4n) is 5.46. The van der Waals surface area contributed by atoms with Crippen LogP contribution in [0, 0.1) is 5.95 Å². The maximum atomic E-state index is 13.5. The Morgan fingerprint density at radius 3 is 2.75 bits per heavy atom. The van der Waals surface area contributed by atoms with Gasteiger partial charge in [-0.3, -0.25) is 9.59 Å². The summed E-state index contributed by atoms with van der Waals surface area (Å²) >= 11 is 0. The average molecular weight is 496 g/mol. The smallest absolute Gasteiger partial charge is 0.418 e. The Morgan fingerprint density at radius 2 is 2.03 bits per heavy atom. The van der Waals surface area contributed by atoms with Gasteiger partial charge < -0.3 is 20.3 Å². The Kier molecular flexibility index (Phi) is 5.85. The lowest BCUT2D eigenvalue weighted by Gasteiger charge is -2.30. The van der Waals surface area contributed by atoms with Crippen LogP contribution in [0.4, 0.5) is 19.7 Å². The number of hydrogen-bond acceptors (Lipinski definition) is 6. The molecule has 3 heterocycles. The summed E-state index contributed by atoms with van der Waals surface area (Å²) in [7, 11) is 1.51. The molecular formula is C25H26FN5O5. The molecule has 188 valence electrons. The van der Waals surface area contributed by atoms with Crippen LogP contribution in [-0.2, 0) is 26.3 Å². The highest BCUT2D eigenvalue weighted by atomic mass is 19.1. The van der Waals surface area contributed by atoms with Crippen LogP contribution in [0.15, 0.2) is 36.5 Å². The highest BCUT2D eigenvalue weighted by Gasteiger charge is 2.58. The summed E-state index contributed by atoms with van der Waals surface area (Å²) in [6.45, 7) is 1.46. The Labute approximate surface area is 206 Å². The van der Waals surface area contributed by atoms with Crippen molar-refractivity contribution in [2.24, 2.45) is 0 Å². The van der Waals surface area contributed by atoms with Gasteiger partial charge in [0.2, 0.25) is 17.5 Å². The van der Waals surface area contributed by atoms with E-state index in [4.69, 9.17) is 4.74 Å². The molecule has 5 amide bonds. The molecule has 0 radical (unpaired) electrons. The van der Waals surface area contributed by atoms with Gasteiger partial charge in [0.1, 0.15) is 6.54 Å². The SMILES string of the molecule is CNC(=O)Nc1ccc2c(c1)CCC21OC(=O)N(CC(=O)N2[C@H](C)CC[C@H]2c2ccc(F)nc2)C1=O. The van der Waals surface area contributed by atoms with Gasteiger partial charge in [-0.1, -0.05) is 12.1 Å². The number of carbonyl (C=O) groups excluding carboxylic acids is 4. The van der Waals surface area contributed by atoms with Crippen molar-refractivity contribution < 1.29 is 28.3 Å². The van der Waals surface area contributed by atoms with Gasteiger partial charge in [0.25, 0.3) is 5.91 Å². The number of nitrogens with zero attached hydrogens (tertiary/aromatic N) is 3. The van der Waals surface area contributed by atoms with E-state index in [1.807, 2.05) is 6.92 Å². The van der Waals surface area contributed by atoms with Crippen molar-refractivity contribution >= 4 is 29.6 Å². The van der Waals surface area contributed by atoms with Gasteiger partial charge in [-0.25, -0.2) is 19.5 Å². The van der Waals surface area contributed by atoms with Crippen molar-refractivity contribution in [1.29, 1.82) is 0 Å². The normalized spacial score (nSPS) is 24.8. The third-order valence-electron chi connectivity index (χ3n) is 7.23. The van der Waals surface area contributed by atoms with Crippen LogP contribution >= 0.6 is 0 Å². The molecule has 1 spiro atoms. The van der Waals surface area contributed by atoms with Crippen molar-refractivity contribution in [2.45, 2.75) is 50.3 Å². The van der Waals surface area contributed by atoms with Gasteiger partial charge in [0, 0.05) is 37.0 Å². The molecule has 2 saturated heterocycles. The fourth-order valence-corrected chi connectivity index (χ4v) is 5.46. The van der Waals surface area contributed by atoms with E-state index in [9.17, 15) is 23.6 Å². The number of anilines is 1. The average Bonchev–Trinajstić information content (AvgIpc) is 3.49. The standard InChI is InChI=1S/C25H26FN5O5/c1-14-3-7-19(16-4-8-20(26)28-12-16)31(14)21(32)13-30-22(33)25(36-24(30)35)10-9-15-11-17(5-6-18(15)25)29-23(34)27-2/h4-6,8,11-12,14,19H,3,7,9-10,13H2,1-2H3,(H2,27,29,34)/t14-,19+,25?/m1/s1. The molecule has 36 heavy (non-hydrogen) atoms. The topological polar surface area (TPSA) is 121 Å². The Balaban J connectivity index is 1.35. The first-order valence-electron chi connectivity index (χ1n) is 11.8. The minimum absolute atomic E-state index is 0.117. The second kappa shape index (κ2) is 8.89. The van der Waals surface area contributed by atoms with Crippen LogP contribution in [0.2, 0.25) is 0 Å². The summed E-state index contributed by atoms with van der Waals surface area (Å²) in [4.78, 5) is 57.5. The molecule has 2 aliphatic heterocycles. The van der Waals surface area contributed by atoms with Crippen molar-refractivity contribution in [3.63, 3.8) is 0 Å². The van der Waals surface area contributed by atoms with E-state index < -0.39 is 30.1 Å². The first-order valence-corrected chi connectivity index (χ1v) is 11.8. The largest absolute Gasteiger partial charge is 0.427 e. The molecule has 10 nitrogen and oxygen atoms in total. The highest BCUT2D eigenvalue weighted by molar-refractivity contribution is 6.06. The van der Waals surface area contributed by atoms with Crippen LogP contribution in [0.1, 0.15) is 48.9 Å².